The van der Waals surface area contributed by atoms with Crippen molar-refractivity contribution in [3.8, 4) is 11.5 Å². The summed E-state index contributed by atoms with van der Waals surface area (Å²) in [6, 6.07) is 14.0. The number of rotatable bonds is 8. The number of carbonyl (C=O) groups excluding carboxylic acids is 1. The highest BCUT2D eigenvalue weighted by Crippen LogP contribution is 2.33. The van der Waals surface area contributed by atoms with Gasteiger partial charge in [0, 0.05) is 19.5 Å². The molecule has 0 bridgehead atoms. The van der Waals surface area contributed by atoms with Crippen molar-refractivity contribution < 1.29 is 27.9 Å². The zero-order valence-electron chi connectivity index (χ0n) is 14.5. The van der Waals surface area contributed by atoms with Crippen molar-refractivity contribution in [1.82, 2.24) is 9.79 Å². The minimum absolute atomic E-state index is 0.0595. The molecule has 3 rings (SSSR count). The lowest BCUT2D eigenvalue weighted by atomic mass is 10.2. The van der Waals surface area contributed by atoms with Gasteiger partial charge in [0.25, 0.3) is 0 Å². The fourth-order valence-corrected chi connectivity index (χ4v) is 4.23. The number of fused-ring (bicyclic) bond motifs is 1. The van der Waals surface area contributed by atoms with Gasteiger partial charge < -0.3 is 9.47 Å². The summed E-state index contributed by atoms with van der Waals surface area (Å²) in [6.07, 6.45) is -0.158. The number of nitrogens with zero attached hydrogens (tertiary/aromatic N) is 1. The zero-order valence-corrected chi connectivity index (χ0v) is 15.3. The Kier molecular flexibility index (Phi) is 5.94. The van der Waals surface area contributed by atoms with Gasteiger partial charge in [-0.25, -0.2) is 13.9 Å². The maximum Gasteiger partial charge on any atom is 0.244 e. The summed E-state index contributed by atoms with van der Waals surface area (Å²) in [5.74, 6) is 0.331. The van der Waals surface area contributed by atoms with E-state index < -0.39 is 15.9 Å². The molecule has 2 aromatic rings. The van der Waals surface area contributed by atoms with Gasteiger partial charge in [0.2, 0.25) is 22.7 Å². The third kappa shape index (κ3) is 4.97. The highest BCUT2D eigenvalue weighted by atomic mass is 32.2. The number of amides is 1. The first kappa shape index (κ1) is 19.2. The van der Waals surface area contributed by atoms with Crippen molar-refractivity contribution in [2.45, 2.75) is 18.7 Å². The monoisotopic (exact) mass is 392 g/mol. The summed E-state index contributed by atoms with van der Waals surface area (Å²) in [5.41, 5.74) is 2.88. The Morgan fingerprint density at radius 1 is 1.07 bits per heavy atom. The summed E-state index contributed by atoms with van der Waals surface area (Å²) in [4.78, 5) is 11.4. The predicted molar refractivity (Wildman–Crippen MR) is 96.6 cm³/mol. The largest absolute Gasteiger partial charge is 0.454 e. The molecular formula is C18H20N2O6S. The lowest BCUT2D eigenvalue weighted by Crippen LogP contribution is -2.35. The van der Waals surface area contributed by atoms with E-state index in [1.807, 2.05) is 6.07 Å². The molecule has 1 heterocycles. The molecule has 1 aliphatic heterocycles. The molecule has 0 spiro atoms. The number of hydrogen-bond acceptors (Lipinski definition) is 6. The smallest absolute Gasteiger partial charge is 0.244 e. The molecule has 9 heteroatoms. The molecule has 2 N–H and O–H groups in total. The van der Waals surface area contributed by atoms with Crippen LogP contribution >= 0.6 is 0 Å². The first-order valence-corrected chi connectivity index (χ1v) is 9.92. The van der Waals surface area contributed by atoms with Crippen LogP contribution in [0.1, 0.15) is 17.5 Å². The number of nitrogens with one attached hydrogen (secondary N) is 1. The van der Waals surface area contributed by atoms with E-state index in [1.54, 1.807) is 42.5 Å². The van der Waals surface area contributed by atoms with Crippen molar-refractivity contribution in [2.24, 2.45) is 0 Å². The van der Waals surface area contributed by atoms with E-state index in [2.05, 4.69) is 0 Å². The van der Waals surface area contributed by atoms with Gasteiger partial charge in [0.1, 0.15) is 0 Å². The maximum absolute atomic E-state index is 12.9. The van der Waals surface area contributed by atoms with E-state index in [0.29, 0.717) is 22.6 Å². The van der Waals surface area contributed by atoms with Gasteiger partial charge in [-0.15, -0.1) is 0 Å². The van der Waals surface area contributed by atoms with Crippen molar-refractivity contribution in [3.05, 3.63) is 59.7 Å². The Labute approximate surface area is 157 Å². The van der Waals surface area contributed by atoms with Gasteiger partial charge in [0.05, 0.1) is 5.75 Å². The van der Waals surface area contributed by atoms with Crippen LogP contribution < -0.4 is 15.0 Å². The normalized spacial score (nSPS) is 13.0. The van der Waals surface area contributed by atoms with Crippen LogP contribution in [-0.2, 0) is 27.1 Å². The first-order valence-electron chi connectivity index (χ1n) is 8.31. The van der Waals surface area contributed by atoms with E-state index in [9.17, 15) is 13.2 Å². The average molecular weight is 392 g/mol. The Bertz CT molecular complexity index is 901. The molecule has 27 heavy (non-hydrogen) atoms. The molecule has 0 unspecified atom stereocenters. The standard InChI is InChI=1S/C18H20N2O6S/c21-18(19-22)8-9-20(27(23,24)12-14-4-2-1-3-5-14)11-15-6-7-16-17(10-15)26-13-25-16/h1-7,10,22H,8-9,11-13H2,(H,19,21). The third-order valence-corrected chi connectivity index (χ3v) is 5.89. The van der Waals surface area contributed by atoms with Gasteiger partial charge >= 0.3 is 0 Å². The number of carbonyl (C=O) groups is 1. The maximum atomic E-state index is 12.9. The number of benzene rings is 2. The highest BCUT2D eigenvalue weighted by molar-refractivity contribution is 7.88. The molecule has 0 fully saturated rings. The fourth-order valence-electron chi connectivity index (χ4n) is 2.72. The molecular weight excluding hydrogens is 372 g/mol. The number of hydrogen-bond donors (Lipinski definition) is 2. The van der Waals surface area contributed by atoms with Crippen LogP contribution in [0.4, 0.5) is 0 Å². The van der Waals surface area contributed by atoms with Gasteiger partial charge in [-0.05, 0) is 23.3 Å². The molecule has 144 valence electrons. The molecule has 0 saturated heterocycles. The van der Waals surface area contributed by atoms with Crippen LogP contribution in [0.2, 0.25) is 0 Å². The summed E-state index contributed by atoms with van der Waals surface area (Å²) in [7, 11) is -3.69. The molecule has 0 aliphatic carbocycles. The van der Waals surface area contributed by atoms with Gasteiger partial charge in [-0.3, -0.25) is 10.0 Å². The second-order valence-corrected chi connectivity index (χ2v) is 8.02. The highest BCUT2D eigenvalue weighted by Gasteiger charge is 2.24. The van der Waals surface area contributed by atoms with E-state index in [4.69, 9.17) is 14.7 Å². The average Bonchev–Trinajstić information content (AvgIpc) is 3.13. The van der Waals surface area contributed by atoms with Gasteiger partial charge in [0.15, 0.2) is 11.5 Å². The first-order chi connectivity index (χ1) is 13.0. The molecule has 1 aliphatic rings. The summed E-state index contributed by atoms with van der Waals surface area (Å²) < 4.78 is 37.7. The van der Waals surface area contributed by atoms with Gasteiger partial charge in [-0.2, -0.15) is 4.31 Å². The van der Waals surface area contributed by atoms with Crippen molar-refractivity contribution in [1.29, 1.82) is 0 Å². The Balaban J connectivity index is 1.80. The van der Waals surface area contributed by atoms with Crippen LogP contribution in [0, 0.1) is 0 Å². The molecule has 2 aromatic carbocycles. The number of sulfonamides is 1. The predicted octanol–water partition coefficient (Wildman–Crippen LogP) is 1.64. The second kappa shape index (κ2) is 8.38. The van der Waals surface area contributed by atoms with E-state index in [0.717, 1.165) is 0 Å². The molecule has 0 saturated carbocycles. The summed E-state index contributed by atoms with van der Waals surface area (Å²) in [5, 5.41) is 8.68. The minimum Gasteiger partial charge on any atom is -0.454 e. The van der Waals surface area contributed by atoms with Crippen LogP contribution in [0.3, 0.4) is 0 Å². The Hall–Kier alpha value is -2.62. The van der Waals surface area contributed by atoms with Gasteiger partial charge in [-0.1, -0.05) is 36.4 Å². The fraction of sp³-hybridized carbons (Fsp3) is 0.278. The summed E-state index contributed by atoms with van der Waals surface area (Å²) in [6.45, 7) is 0.145. The molecule has 8 nitrogen and oxygen atoms in total. The molecule has 1 amide bonds. The second-order valence-electron chi connectivity index (χ2n) is 6.05. The van der Waals surface area contributed by atoms with Crippen molar-refractivity contribution in [3.63, 3.8) is 0 Å². The zero-order chi connectivity index (χ0) is 19.3. The Morgan fingerprint density at radius 2 is 1.81 bits per heavy atom. The summed E-state index contributed by atoms with van der Waals surface area (Å²) >= 11 is 0. The lowest BCUT2D eigenvalue weighted by molar-refractivity contribution is -0.129. The topological polar surface area (TPSA) is 105 Å². The van der Waals surface area contributed by atoms with E-state index >= 15 is 0 Å². The van der Waals surface area contributed by atoms with E-state index in [-0.39, 0.29) is 32.1 Å². The van der Waals surface area contributed by atoms with Crippen molar-refractivity contribution >= 4 is 15.9 Å². The Morgan fingerprint density at radius 3 is 2.56 bits per heavy atom. The molecule has 0 atom stereocenters. The lowest BCUT2D eigenvalue weighted by Gasteiger charge is -2.22. The van der Waals surface area contributed by atoms with Crippen LogP contribution in [0.15, 0.2) is 48.5 Å². The SMILES string of the molecule is O=C(CCN(Cc1ccc2c(c1)OCO2)S(=O)(=O)Cc1ccccc1)NO. The minimum atomic E-state index is -3.69. The van der Waals surface area contributed by atoms with Crippen LogP contribution in [-0.4, -0.2) is 37.2 Å². The quantitative estimate of drug-likeness (QED) is 0.523. The molecule has 0 radical (unpaired) electrons. The van der Waals surface area contributed by atoms with E-state index in [1.165, 1.54) is 9.79 Å². The number of hydroxylamine groups is 1. The molecule has 0 aromatic heterocycles. The van der Waals surface area contributed by atoms with Crippen molar-refractivity contribution in [2.75, 3.05) is 13.3 Å². The van der Waals surface area contributed by atoms with Crippen LogP contribution in [0.25, 0.3) is 0 Å². The third-order valence-electron chi connectivity index (χ3n) is 4.09. The van der Waals surface area contributed by atoms with Crippen LogP contribution in [0.5, 0.6) is 11.5 Å². The number of ether oxygens (including phenoxy) is 2.